The maximum atomic E-state index is 12.4. The molecule has 0 aliphatic heterocycles. The number of fused-ring (bicyclic) bond motifs is 1. The minimum Gasteiger partial charge on any atom is -0.497 e. The molecule has 2 aromatic carbocycles. The molecule has 0 spiro atoms. The number of Topliss-reactive ketones (excluding diaryl/α,β-unsaturated/α-hetero) is 1. The van der Waals surface area contributed by atoms with Crippen LogP contribution < -0.4 is 4.74 Å². The number of carbonyl (C=O) groups is 1. The van der Waals surface area contributed by atoms with Crippen molar-refractivity contribution in [2.45, 2.75) is 4.34 Å². The van der Waals surface area contributed by atoms with Crippen LogP contribution in [0.2, 0.25) is 0 Å². The summed E-state index contributed by atoms with van der Waals surface area (Å²) < 4.78 is 18.9. The van der Waals surface area contributed by atoms with Gasteiger partial charge in [0.05, 0.1) is 33.9 Å². The Morgan fingerprint density at radius 3 is 2.73 bits per heavy atom. The molecular formula is C16H13NO3S2. The zero-order valence-corrected chi connectivity index (χ0v) is 13.4. The van der Waals surface area contributed by atoms with E-state index in [0.717, 1.165) is 10.2 Å². The molecule has 1 atom stereocenters. The Hall–Kier alpha value is -2.05. The van der Waals surface area contributed by atoms with Crippen LogP contribution in [0.5, 0.6) is 5.75 Å². The predicted molar refractivity (Wildman–Crippen MR) is 88.2 cm³/mol. The van der Waals surface area contributed by atoms with Crippen molar-refractivity contribution >= 4 is 38.1 Å². The second-order valence-corrected chi connectivity index (χ2v) is 7.25. The summed E-state index contributed by atoms with van der Waals surface area (Å²) in [4.78, 5) is 16.5. The molecule has 4 nitrogen and oxygen atoms in total. The number of hydrogen-bond donors (Lipinski definition) is 0. The molecule has 1 heterocycles. The van der Waals surface area contributed by atoms with Crippen molar-refractivity contribution in [3.8, 4) is 5.75 Å². The van der Waals surface area contributed by atoms with Crippen molar-refractivity contribution in [2.75, 3.05) is 12.9 Å². The molecule has 0 aliphatic rings. The van der Waals surface area contributed by atoms with Crippen molar-refractivity contribution in [2.24, 2.45) is 0 Å². The van der Waals surface area contributed by atoms with E-state index in [0.29, 0.717) is 15.7 Å². The molecule has 0 radical (unpaired) electrons. The molecule has 3 aromatic rings. The van der Waals surface area contributed by atoms with Crippen LogP contribution in [-0.2, 0) is 10.8 Å². The van der Waals surface area contributed by atoms with Gasteiger partial charge in [0.2, 0.25) is 0 Å². The molecule has 6 heteroatoms. The van der Waals surface area contributed by atoms with E-state index in [1.165, 1.54) is 11.3 Å². The van der Waals surface area contributed by atoms with Gasteiger partial charge in [-0.1, -0.05) is 30.3 Å². The van der Waals surface area contributed by atoms with E-state index >= 15 is 0 Å². The highest BCUT2D eigenvalue weighted by molar-refractivity contribution is 7.88. The van der Waals surface area contributed by atoms with Crippen LogP contribution in [0.3, 0.4) is 0 Å². The lowest BCUT2D eigenvalue weighted by molar-refractivity contribution is 0.102. The molecule has 0 bridgehead atoms. The molecule has 0 N–H and O–H groups in total. The van der Waals surface area contributed by atoms with E-state index in [1.807, 2.05) is 18.2 Å². The summed E-state index contributed by atoms with van der Waals surface area (Å²) >= 11 is 1.34. The van der Waals surface area contributed by atoms with Gasteiger partial charge in [-0.25, -0.2) is 4.98 Å². The normalized spacial score (nSPS) is 12.2. The zero-order chi connectivity index (χ0) is 15.5. The Balaban J connectivity index is 1.82. The highest BCUT2D eigenvalue weighted by atomic mass is 32.2. The van der Waals surface area contributed by atoms with E-state index in [1.54, 1.807) is 37.4 Å². The van der Waals surface area contributed by atoms with Crippen LogP contribution in [0.25, 0.3) is 10.2 Å². The average molecular weight is 331 g/mol. The molecule has 0 saturated heterocycles. The Morgan fingerprint density at radius 2 is 2.00 bits per heavy atom. The van der Waals surface area contributed by atoms with Gasteiger partial charge in [0.15, 0.2) is 10.1 Å². The smallest absolute Gasteiger partial charge is 0.182 e. The number of ether oxygens (including phenoxy) is 1. The molecule has 3 rings (SSSR count). The number of aromatic nitrogens is 1. The largest absolute Gasteiger partial charge is 0.497 e. The van der Waals surface area contributed by atoms with Gasteiger partial charge in [-0.05, 0) is 12.1 Å². The van der Waals surface area contributed by atoms with Gasteiger partial charge in [-0.3, -0.25) is 9.00 Å². The van der Waals surface area contributed by atoms with Gasteiger partial charge < -0.3 is 4.74 Å². The van der Waals surface area contributed by atoms with Crippen LogP contribution in [0.4, 0.5) is 0 Å². The van der Waals surface area contributed by atoms with Gasteiger partial charge >= 0.3 is 0 Å². The van der Waals surface area contributed by atoms with Crippen LogP contribution in [0.15, 0.2) is 52.9 Å². The summed E-state index contributed by atoms with van der Waals surface area (Å²) in [5.74, 6) is 0.507. The van der Waals surface area contributed by atoms with Crippen LogP contribution in [-0.4, -0.2) is 27.8 Å². The summed E-state index contributed by atoms with van der Waals surface area (Å²) in [6, 6.07) is 14.4. The van der Waals surface area contributed by atoms with Crippen molar-refractivity contribution < 1.29 is 13.7 Å². The second kappa shape index (κ2) is 6.37. The Morgan fingerprint density at radius 1 is 1.23 bits per heavy atom. The SMILES string of the molecule is COc1ccc2sc(S(=O)CC(=O)c3ccccc3)nc2c1. The number of methoxy groups -OCH3 is 1. The lowest BCUT2D eigenvalue weighted by Crippen LogP contribution is -2.10. The first-order valence-electron chi connectivity index (χ1n) is 6.58. The Bertz CT molecular complexity index is 843. The number of benzene rings is 2. The van der Waals surface area contributed by atoms with Gasteiger partial charge in [0.1, 0.15) is 5.75 Å². The molecule has 0 amide bonds. The first-order valence-corrected chi connectivity index (χ1v) is 8.72. The fourth-order valence-corrected chi connectivity index (χ4v) is 4.22. The molecule has 112 valence electrons. The number of ketones is 1. The lowest BCUT2D eigenvalue weighted by atomic mass is 10.2. The quantitative estimate of drug-likeness (QED) is 0.673. The maximum absolute atomic E-state index is 12.4. The monoisotopic (exact) mass is 331 g/mol. The number of rotatable bonds is 5. The number of nitrogens with zero attached hydrogens (tertiary/aromatic N) is 1. The molecule has 22 heavy (non-hydrogen) atoms. The maximum Gasteiger partial charge on any atom is 0.182 e. The minimum absolute atomic E-state index is 0.0546. The topological polar surface area (TPSA) is 56.3 Å². The van der Waals surface area contributed by atoms with E-state index in [-0.39, 0.29) is 11.5 Å². The third kappa shape index (κ3) is 3.08. The van der Waals surface area contributed by atoms with Gasteiger partial charge in [-0.2, -0.15) is 0 Å². The van der Waals surface area contributed by atoms with Crippen LogP contribution in [0, 0.1) is 0 Å². The van der Waals surface area contributed by atoms with Gasteiger partial charge in [0, 0.05) is 11.6 Å². The summed E-state index contributed by atoms with van der Waals surface area (Å²) in [5, 5.41) is 0. The lowest BCUT2D eigenvalue weighted by Gasteiger charge is -1.98. The summed E-state index contributed by atoms with van der Waals surface area (Å²) in [7, 11) is 0.150. The van der Waals surface area contributed by atoms with E-state index < -0.39 is 10.8 Å². The van der Waals surface area contributed by atoms with E-state index in [4.69, 9.17) is 4.74 Å². The highest BCUT2D eigenvalue weighted by Crippen LogP contribution is 2.27. The fourth-order valence-electron chi connectivity index (χ4n) is 2.00. The minimum atomic E-state index is -1.44. The molecule has 1 unspecified atom stereocenters. The van der Waals surface area contributed by atoms with Crippen molar-refractivity contribution in [1.29, 1.82) is 0 Å². The molecular weight excluding hydrogens is 318 g/mol. The van der Waals surface area contributed by atoms with Crippen LogP contribution >= 0.6 is 11.3 Å². The highest BCUT2D eigenvalue weighted by Gasteiger charge is 2.16. The second-order valence-electron chi connectivity index (χ2n) is 4.59. The zero-order valence-electron chi connectivity index (χ0n) is 11.8. The number of thiazole rings is 1. The molecule has 0 aliphatic carbocycles. The third-order valence-electron chi connectivity index (χ3n) is 3.13. The van der Waals surface area contributed by atoms with Crippen molar-refractivity contribution in [1.82, 2.24) is 4.98 Å². The first kappa shape index (κ1) is 14.9. The predicted octanol–water partition coefficient (Wildman–Crippen LogP) is 3.30. The van der Waals surface area contributed by atoms with E-state index in [9.17, 15) is 9.00 Å². The first-order chi connectivity index (χ1) is 10.7. The Labute approximate surface area is 134 Å². The standard InChI is InChI=1S/C16H13NO3S2/c1-20-12-7-8-15-13(9-12)17-16(21-15)22(19)10-14(18)11-5-3-2-4-6-11/h2-9H,10H2,1H3. The van der Waals surface area contributed by atoms with Crippen LogP contribution in [0.1, 0.15) is 10.4 Å². The fraction of sp³-hybridized carbons (Fsp3) is 0.125. The third-order valence-corrected chi connectivity index (χ3v) is 5.77. The number of hydrogen-bond acceptors (Lipinski definition) is 5. The average Bonchev–Trinajstić information content (AvgIpc) is 2.98. The Kier molecular flexibility index (Phi) is 4.31. The summed E-state index contributed by atoms with van der Waals surface area (Å²) in [5.41, 5.74) is 1.30. The van der Waals surface area contributed by atoms with Gasteiger partial charge in [-0.15, -0.1) is 11.3 Å². The van der Waals surface area contributed by atoms with Crippen molar-refractivity contribution in [3.05, 3.63) is 54.1 Å². The molecule has 0 saturated carbocycles. The summed E-state index contributed by atoms with van der Waals surface area (Å²) in [6.07, 6.45) is 0. The van der Waals surface area contributed by atoms with Crippen molar-refractivity contribution in [3.63, 3.8) is 0 Å². The molecule has 0 fully saturated rings. The number of carbonyl (C=O) groups excluding carboxylic acids is 1. The van der Waals surface area contributed by atoms with E-state index in [2.05, 4.69) is 4.98 Å². The summed E-state index contributed by atoms with van der Waals surface area (Å²) in [6.45, 7) is 0. The van der Waals surface area contributed by atoms with Gasteiger partial charge in [0.25, 0.3) is 0 Å². The molecule has 1 aromatic heterocycles.